The number of aryl methyl sites for hydroxylation is 1. The van der Waals surface area contributed by atoms with Crippen molar-refractivity contribution in [2.24, 2.45) is 18.9 Å². The average Bonchev–Trinajstić information content (AvgIpc) is 3.46. The number of alkyl halides is 5. The van der Waals surface area contributed by atoms with Crippen LogP contribution in [-0.2, 0) is 31.7 Å². The Hall–Kier alpha value is -3.34. The van der Waals surface area contributed by atoms with Crippen molar-refractivity contribution in [1.29, 1.82) is 0 Å². The largest absolute Gasteiger partial charge is 0.416 e. The first-order chi connectivity index (χ1) is 19.3. The molecule has 11 heteroatoms. The summed E-state index contributed by atoms with van der Waals surface area (Å²) in [6, 6.07) is 9.99. The lowest BCUT2D eigenvalue weighted by molar-refractivity contribution is -0.138. The van der Waals surface area contributed by atoms with Gasteiger partial charge in [-0.25, -0.2) is 8.78 Å². The quantitative estimate of drug-likeness (QED) is 0.342. The molecule has 1 saturated heterocycles. The number of anilines is 1. The normalized spacial score (nSPS) is 26.2. The van der Waals surface area contributed by atoms with Crippen molar-refractivity contribution >= 4 is 11.6 Å². The molecule has 6 nitrogen and oxygen atoms in total. The van der Waals surface area contributed by atoms with E-state index in [0.29, 0.717) is 17.2 Å². The molecule has 6 rings (SSSR count). The number of aromatic nitrogens is 3. The summed E-state index contributed by atoms with van der Waals surface area (Å²) in [6.45, 7) is 3.62. The van der Waals surface area contributed by atoms with Gasteiger partial charge in [0.15, 0.2) is 0 Å². The van der Waals surface area contributed by atoms with Gasteiger partial charge in [0.2, 0.25) is 0 Å². The number of fused-ring (bicyclic) bond motifs is 1. The Labute approximate surface area is 235 Å². The summed E-state index contributed by atoms with van der Waals surface area (Å²) in [4.78, 5) is 16.8. The van der Waals surface area contributed by atoms with Crippen LogP contribution in [0, 0.1) is 11.8 Å². The van der Waals surface area contributed by atoms with E-state index in [1.54, 1.807) is 17.3 Å². The number of piperidine rings is 1. The van der Waals surface area contributed by atoms with Crippen molar-refractivity contribution in [2.75, 3.05) is 18.0 Å². The zero-order chi connectivity index (χ0) is 29.3. The fourth-order valence-electron chi connectivity index (χ4n) is 6.95. The second-order valence-electron chi connectivity index (χ2n) is 12.1. The number of halogens is 5. The first kappa shape index (κ1) is 27.8. The predicted octanol–water partition coefficient (Wildman–Crippen LogP) is 6.19. The molecule has 2 aliphatic heterocycles. The molecule has 1 saturated carbocycles. The van der Waals surface area contributed by atoms with E-state index >= 15 is 0 Å². The molecule has 1 aliphatic carbocycles. The van der Waals surface area contributed by atoms with E-state index in [0.717, 1.165) is 30.3 Å². The van der Waals surface area contributed by atoms with Crippen LogP contribution in [0.15, 0.2) is 42.7 Å². The molecular weight excluding hydrogens is 541 g/mol. The molecule has 3 heterocycles. The molecule has 3 aliphatic rings. The van der Waals surface area contributed by atoms with Crippen molar-refractivity contribution < 1.29 is 26.7 Å². The van der Waals surface area contributed by atoms with Crippen molar-refractivity contribution in [3.8, 4) is 0 Å². The summed E-state index contributed by atoms with van der Waals surface area (Å²) < 4.78 is 72.7. The number of amides is 1. The number of carbonyl (C=O) groups excluding carboxylic acids is 1. The monoisotopic (exact) mass is 573 g/mol. The molecular formula is C30H32F5N5O. The lowest BCUT2D eigenvalue weighted by atomic mass is 9.58. The van der Waals surface area contributed by atoms with Crippen LogP contribution in [-0.4, -0.2) is 44.6 Å². The Bertz CT molecular complexity index is 1490. The zero-order valence-electron chi connectivity index (χ0n) is 23.2. The van der Waals surface area contributed by atoms with E-state index in [9.17, 15) is 26.7 Å². The van der Waals surface area contributed by atoms with Crippen LogP contribution in [0.5, 0.6) is 0 Å². The molecule has 2 fully saturated rings. The zero-order valence-corrected chi connectivity index (χ0v) is 23.2. The minimum Gasteiger partial charge on any atom is -0.320 e. The van der Waals surface area contributed by atoms with Gasteiger partial charge >= 0.3 is 6.18 Å². The molecule has 41 heavy (non-hydrogen) atoms. The van der Waals surface area contributed by atoms with Gasteiger partial charge in [-0.3, -0.25) is 9.69 Å². The first-order valence-electron chi connectivity index (χ1n) is 13.9. The standard InChI is InChI=1S/C30H32F5N5O/c1-18-12-28(13-18,27-37-36-17-38(27)3)21-5-4-6-22(11-21)40-16-24-23(26(40)41)9-20(10-25(24)30(33,34)35)15-39-8-7-29(31,32)19(2)14-39/h4-6,9-11,17-19H,7-8,12-16H2,1-3H3. The summed E-state index contributed by atoms with van der Waals surface area (Å²) in [5, 5.41) is 8.42. The van der Waals surface area contributed by atoms with E-state index < -0.39 is 29.5 Å². The third-order valence-electron chi connectivity index (χ3n) is 9.07. The van der Waals surface area contributed by atoms with E-state index in [1.165, 1.54) is 17.9 Å². The highest BCUT2D eigenvalue weighted by molar-refractivity contribution is 6.10. The maximum Gasteiger partial charge on any atom is 0.416 e. The number of nitrogens with zero attached hydrogens (tertiary/aromatic N) is 5. The van der Waals surface area contributed by atoms with E-state index in [-0.39, 0.29) is 49.1 Å². The smallest absolute Gasteiger partial charge is 0.320 e. The van der Waals surface area contributed by atoms with Crippen LogP contribution in [0.3, 0.4) is 0 Å². The topological polar surface area (TPSA) is 54.3 Å². The summed E-state index contributed by atoms with van der Waals surface area (Å²) in [5.41, 5.74) is 0.472. The highest BCUT2D eigenvalue weighted by Crippen LogP contribution is 2.52. The summed E-state index contributed by atoms with van der Waals surface area (Å²) in [5.74, 6) is -2.91. The van der Waals surface area contributed by atoms with Gasteiger partial charge in [-0.15, -0.1) is 10.2 Å². The Morgan fingerprint density at radius 1 is 1.10 bits per heavy atom. The minimum atomic E-state index is -4.67. The molecule has 1 unspecified atom stereocenters. The van der Waals surface area contributed by atoms with Gasteiger partial charge < -0.3 is 9.47 Å². The van der Waals surface area contributed by atoms with Crippen LogP contribution in [0.4, 0.5) is 27.6 Å². The number of likely N-dealkylation sites (tertiary alicyclic amines) is 1. The Morgan fingerprint density at radius 3 is 2.49 bits per heavy atom. The van der Waals surface area contributed by atoms with Crippen molar-refractivity contribution in [3.05, 3.63) is 76.4 Å². The molecule has 2 aromatic carbocycles. The van der Waals surface area contributed by atoms with Crippen molar-refractivity contribution in [1.82, 2.24) is 19.7 Å². The first-order valence-corrected chi connectivity index (χ1v) is 13.9. The number of hydrogen-bond donors (Lipinski definition) is 0. The van der Waals surface area contributed by atoms with Crippen molar-refractivity contribution in [3.63, 3.8) is 0 Å². The SMILES string of the molecule is CC1CC(c2cccc(N3Cc4c(cc(CN5CCC(F)(F)C(C)C5)cc4C(F)(F)F)C3=O)c2)(c2nncn2C)C1. The highest BCUT2D eigenvalue weighted by Gasteiger charge is 2.49. The van der Waals surface area contributed by atoms with Gasteiger partial charge in [0, 0.05) is 50.3 Å². The number of rotatable bonds is 5. The average molecular weight is 574 g/mol. The highest BCUT2D eigenvalue weighted by atomic mass is 19.4. The predicted molar refractivity (Wildman–Crippen MR) is 143 cm³/mol. The molecule has 1 amide bonds. The van der Waals surface area contributed by atoms with Crippen LogP contribution in [0.25, 0.3) is 0 Å². The Morgan fingerprint density at radius 2 is 1.85 bits per heavy atom. The number of hydrogen-bond acceptors (Lipinski definition) is 4. The van der Waals surface area contributed by atoms with Gasteiger partial charge in [0.05, 0.1) is 17.5 Å². The number of benzene rings is 2. The summed E-state index contributed by atoms with van der Waals surface area (Å²) in [6.07, 6.45) is -1.67. The minimum absolute atomic E-state index is 0.0101. The maximum absolute atomic E-state index is 14.3. The Balaban J connectivity index is 1.32. The molecule has 0 radical (unpaired) electrons. The molecule has 0 N–H and O–H groups in total. The fraction of sp³-hybridized carbons (Fsp3) is 0.500. The maximum atomic E-state index is 14.3. The van der Waals surface area contributed by atoms with Crippen LogP contribution >= 0.6 is 0 Å². The molecule has 0 spiro atoms. The van der Waals surface area contributed by atoms with Crippen molar-refractivity contribution in [2.45, 2.75) is 63.7 Å². The summed E-state index contributed by atoms with van der Waals surface area (Å²) >= 11 is 0. The van der Waals surface area contributed by atoms with Gasteiger partial charge in [0.1, 0.15) is 12.2 Å². The van der Waals surface area contributed by atoms with Gasteiger partial charge in [-0.2, -0.15) is 13.2 Å². The molecule has 1 atom stereocenters. The van der Waals surface area contributed by atoms with E-state index in [1.807, 2.05) is 29.8 Å². The Kier molecular flexibility index (Phi) is 6.52. The lowest BCUT2D eigenvalue weighted by Gasteiger charge is -2.46. The van der Waals surface area contributed by atoms with Crippen LogP contribution < -0.4 is 4.90 Å². The molecule has 3 aromatic rings. The fourth-order valence-corrected chi connectivity index (χ4v) is 6.95. The third kappa shape index (κ3) is 4.71. The molecule has 0 bridgehead atoms. The molecule has 1 aromatic heterocycles. The van der Waals surface area contributed by atoms with Gasteiger partial charge in [0.25, 0.3) is 11.8 Å². The van der Waals surface area contributed by atoms with Gasteiger partial charge in [-0.1, -0.05) is 26.0 Å². The van der Waals surface area contributed by atoms with E-state index in [2.05, 4.69) is 17.1 Å². The van der Waals surface area contributed by atoms with Gasteiger partial charge in [-0.05, 0) is 59.7 Å². The summed E-state index contributed by atoms with van der Waals surface area (Å²) in [7, 11) is 1.89. The van der Waals surface area contributed by atoms with Crippen LogP contribution in [0.2, 0.25) is 0 Å². The third-order valence-corrected chi connectivity index (χ3v) is 9.07. The molecule has 218 valence electrons. The lowest BCUT2D eigenvalue weighted by Crippen LogP contribution is -2.45. The van der Waals surface area contributed by atoms with Crippen LogP contribution in [0.1, 0.15) is 71.5 Å². The van der Waals surface area contributed by atoms with E-state index in [4.69, 9.17) is 0 Å². The second-order valence-corrected chi connectivity index (χ2v) is 12.1. The number of carbonyl (C=O) groups is 1. The second kappa shape index (κ2) is 9.61.